The first kappa shape index (κ1) is 18.1. The third-order valence-electron chi connectivity index (χ3n) is 6.47. The van der Waals surface area contributed by atoms with Gasteiger partial charge >= 0.3 is 0 Å². The maximum atomic E-state index is 14.6. The Bertz CT molecular complexity index is 1090. The Hall–Kier alpha value is -2.90. The molecule has 29 heavy (non-hydrogen) atoms. The van der Waals surface area contributed by atoms with Crippen molar-refractivity contribution in [2.75, 3.05) is 5.32 Å². The molecule has 3 heterocycles. The van der Waals surface area contributed by atoms with Gasteiger partial charge in [-0.3, -0.25) is 4.79 Å². The van der Waals surface area contributed by atoms with Crippen LogP contribution in [0.3, 0.4) is 0 Å². The van der Waals surface area contributed by atoms with Crippen LogP contribution in [0.4, 0.5) is 14.6 Å². The number of nitrogens with zero attached hydrogens (tertiary/aromatic N) is 3. The number of halogens is 2. The lowest BCUT2D eigenvalue weighted by Gasteiger charge is -2.48. The highest BCUT2D eigenvalue weighted by Crippen LogP contribution is 2.46. The maximum absolute atomic E-state index is 14.6. The number of pyridine rings is 1. The van der Waals surface area contributed by atoms with Crippen molar-refractivity contribution in [3.63, 3.8) is 0 Å². The third kappa shape index (κ3) is 3.07. The van der Waals surface area contributed by atoms with Crippen molar-refractivity contribution in [2.24, 2.45) is 17.8 Å². The van der Waals surface area contributed by atoms with Crippen molar-refractivity contribution in [3.05, 3.63) is 36.3 Å². The van der Waals surface area contributed by atoms with E-state index in [-0.39, 0.29) is 29.4 Å². The molecule has 0 radical (unpaired) electrons. The molecule has 0 saturated heterocycles. The van der Waals surface area contributed by atoms with Crippen LogP contribution in [0.1, 0.15) is 32.6 Å². The Kier molecular flexibility index (Phi) is 4.29. The van der Waals surface area contributed by atoms with Gasteiger partial charge in [0.15, 0.2) is 17.5 Å². The van der Waals surface area contributed by atoms with E-state index in [4.69, 9.17) is 0 Å². The molecule has 2 atom stereocenters. The van der Waals surface area contributed by atoms with Crippen LogP contribution in [0.25, 0.3) is 22.4 Å². The molecule has 3 aliphatic rings. The van der Waals surface area contributed by atoms with Crippen molar-refractivity contribution >= 4 is 22.6 Å². The van der Waals surface area contributed by atoms with E-state index in [0.29, 0.717) is 28.4 Å². The molecule has 150 valence electrons. The van der Waals surface area contributed by atoms with Crippen LogP contribution < -0.4 is 5.32 Å². The number of H-pyrrole nitrogens is 1. The van der Waals surface area contributed by atoms with Gasteiger partial charge < -0.3 is 10.3 Å². The van der Waals surface area contributed by atoms with Gasteiger partial charge in [-0.25, -0.2) is 23.7 Å². The highest BCUT2D eigenvalue weighted by atomic mass is 19.1. The number of Topliss-reactive ketones (excluding diaryl/α,β-unsaturated/α-hetero) is 1. The fourth-order valence-electron chi connectivity index (χ4n) is 5.16. The second kappa shape index (κ2) is 6.86. The molecule has 3 saturated carbocycles. The van der Waals surface area contributed by atoms with Gasteiger partial charge in [-0.15, -0.1) is 0 Å². The summed E-state index contributed by atoms with van der Waals surface area (Å²) in [4.78, 5) is 27.7. The van der Waals surface area contributed by atoms with Crippen LogP contribution in [0.2, 0.25) is 0 Å². The van der Waals surface area contributed by atoms with E-state index < -0.39 is 11.6 Å². The summed E-state index contributed by atoms with van der Waals surface area (Å²) in [6.45, 7) is 1.62. The predicted molar refractivity (Wildman–Crippen MR) is 104 cm³/mol. The maximum Gasteiger partial charge on any atom is 0.183 e. The van der Waals surface area contributed by atoms with Crippen LogP contribution in [0.15, 0.2) is 24.7 Å². The number of nitrogens with one attached hydrogen (secondary N) is 2. The Morgan fingerprint density at radius 2 is 1.90 bits per heavy atom. The molecule has 8 heteroatoms. The summed E-state index contributed by atoms with van der Waals surface area (Å²) in [5.41, 5.74) is 1.05. The summed E-state index contributed by atoms with van der Waals surface area (Å²) in [5.74, 6) is 0.0185. The number of aromatic nitrogens is 4. The number of aromatic amines is 1. The van der Waals surface area contributed by atoms with Crippen molar-refractivity contribution in [3.8, 4) is 11.4 Å². The summed E-state index contributed by atoms with van der Waals surface area (Å²) in [7, 11) is 0. The highest BCUT2D eigenvalue weighted by Gasteiger charge is 2.46. The number of fused-ring (bicyclic) bond motifs is 4. The Morgan fingerprint density at radius 3 is 2.66 bits per heavy atom. The van der Waals surface area contributed by atoms with Gasteiger partial charge in [-0.05, 0) is 50.5 Å². The van der Waals surface area contributed by atoms with Crippen LogP contribution >= 0.6 is 0 Å². The smallest absolute Gasteiger partial charge is 0.183 e. The van der Waals surface area contributed by atoms with E-state index in [1.54, 1.807) is 13.1 Å². The largest absolute Gasteiger partial charge is 0.364 e. The quantitative estimate of drug-likeness (QED) is 0.692. The molecule has 6 nitrogen and oxygen atoms in total. The number of anilines is 1. The SMILES string of the molecule is CC(=O)[C@H]1[C@H]2CC[C@H](CC2)[C@@H]1Nc1nc(-c2c[nH]c3ncc(F)cc23)ncc1F. The lowest BCUT2D eigenvalue weighted by molar-refractivity contribution is -0.126. The average Bonchev–Trinajstić information content (AvgIpc) is 3.13. The average molecular weight is 397 g/mol. The van der Waals surface area contributed by atoms with Gasteiger partial charge in [0, 0.05) is 29.1 Å². The first-order valence-electron chi connectivity index (χ1n) is 9.94. The van der Waals surface area contributed by atoms with Crippen LogP contribution in [-0.2, 0) is 4.79 Å². The number of hydrogen-bond donors (Lipinski definition) is 2. The van der Waals surface area contributed by atoms with Crippen molar-refractivity contribution in [1.29, 1.82) is 0 Å². The number of carbonyl (C=O) groups excluding carboxylic acids is 1. The van der Waals surface area contributed by atoms with E-state index in [9.17, 15) is 13.6 Å². The van der Waals surface area contributed by atoms with Crippen molar-refractivity contribution in [1.82, 2.24) is 19.9 Å². The molecule has 0 aliphatic heterocycles. The lowest BCUT2D eigenvalue weighted by Crippen LogP contribution is -2.51. The molecule has 3 aromatic heterocycles. The summed E-state index contributed by atoms with van der Waals surface area (Å²) >= 11 is 0. The molecule has 2 bridgehead atoms. The summed E-state index contributed by atoms with van der Waals surface area (Å²) in [6, 6.07) is 1.22. The lowest BCUT2D eigenvalue weighted by atomic mass is 9.60. The fraction of sp³-hybridized carbons (Fsp3) is 0.429. The molecule has 0 unspecified atom stereocenters. The Morgan fingerprint density at radius 1 is 1.14 bits per heavy atom. The molecule has 3 fully saturated rings. The normalized spacial score (nSPS) is 26.0. The van der Waals surface area contributed by atoms with Gasteiger partial charge in [0.25, 0.3) is 0 Å². The van der Waals surface area contributed by atoms with E-state index in [1.165, 1.54) is 6.07 Å². The number of rotatable bonds is 4. The van der Waals surface area contributed by atoms with E-state index in [0.717, 1.165) is 38.1 Å². The second-order valence-electron chi connectivity index (χ2n) is 8.12. The highest BCUT2D eigenvalue weighted by molar-refractivity contribution is 5.91. The molecular weight excluding hydrogens is 376 g/mol. The number of ketones is 1. The minimum atomic E-state index is -0.568. The minimum Gasteiger partial charge on any atom is -0.364 e. The van der Waals surface area contributed by atoms with E-state index in [2.05, 4.69) is 25.3 Å². The third-order valence-corrected chi connectivity index (χ3v) is 6.47. The van der Waals surface area contributed by atoms with Gasteiger partial charge in [0.05, 0.1) is 12.4 Å². The Labute approximate surface area is 166 Å². The topological polar surface area (TPSA) is 83.6 Å². The van der Waals surface area contributed by atoms with Gasteiger partial charge in [0.2, 0.25) is 0 Å². The number of carbonyl (C=O) groups is 1. The second-order valence-corrected chi connectivity index (χ2v) is 8.12. The summed E-state index contributed by atoms with van der Waals surface area (Å²) in [6.07, 6.45) is 8.06. The minimum absolute atomic E-state index is 0.0810. The van der Waals surface area contributed by atoms with Crippen LogP contribution in [0, 0.1) is 29.4 Å². The molecule has 6 rings (SSSR count). The van der Waals surface area contributed by atoms with Gasteiger partial charge in [0.1, 0.15) is 17.2 Å². The Balaban J connectivity index is 1.51. The molecule has 2 N–H and O–H groups in total. The molecule has 3 aliphatic carbocycles. The summed E-state index contributed by atoms with van der Waals surface area (Å²) in [5, 5.41) is 3.76. The predicted octanol–water partition coefficient (Wildman–Crippen LogP) is 4.10. The molecule has 0 aromatic carbocycles. The van der Waals surface area contributed by atoms with Crippen LogP contribution in [-0.4, -0.2) is 31.8 Å². The molecule has 3 aromatic rings. The van der Waals surface area contributed by atoms with Gasteiger partial charge in [-0.2, -0.15) is 0 Å². The van der Waals surface area contributed by atoms with E-state index in [1.807, 2.05) is 0 Å². The number of hydrogen-bond acceptors (Lipinski definition) is 5. The zero-order valence-electron chi connectivity index (χ0n) is 16.0. The zero-order valence-corrected chi connectivity index (χ0v) is 16.0. The van der Waals surface area contributed by atoms with Crippen molar-refractivity contribution < 1.29 is 13.6 Å². The van der Waals surface area contributed by atoms with Crippen molar-refractivity contribution in [2.45, 2.75) is 38.6 Å². The van der Waals surface area contributed by atoms with E-state index >= 15 is 0 Å². The first-order chi connectivity index (χ1) is 14.0. The fourth-order valence-corrected chi connectivity index (χ4v) is 5.16. The molecule has 0 spiro atoms. The van der Waals surface area contributed by atoms with Crippen LogP contribution in [0.5, 0.6) is 0 Å². The standard InChI is InChI=1S/C21H21F2N5O/c1-10(29)17-11-2-4-12(5-3-11)18(17)27-21-16(23)9-26-20(28-21)15-8-25-19-14(15)6-13(22)7-24-19/h6-9,11-12,17-18H,2-5H2,1H3,(H,24,25)(H,26,27,28)/t11-,12+,17-,18-/m0/s1. The summed E-state index contributed by atoms with van der Waals surface area (Å²) < 4.78 is 28.2. The van der Waals surface area contributed by atoms with Gasteiger partial charge in [-0.1, -0.05) is 0 Å². The molecule has 0 amide bonds. The first-order valence-corrected chi connectivity index (χ1v) is 9.94. The monoisotopic (exact) mass is 397 g/mol. The zero-order chi connectivity index (χ0) is 20.1. The molecular formula is C21H21F2N5O.